The summed E-state index contributed by atoms with van der Waals surface area (Å²) in [5.41, 5.74) is 1.35. The Kier molecular flexibility index (Phi) is 10.3. The number of para-hydroxylation sites is 1. The summed E-state index contributed by atoms with van der Waals surface area (Å²) in [7, 11) is -3.80. The average Bonchev–Trinajstić information content (AvgIpc) is 2.90. The number of amides is 2. The third-order valence-corrected chi connectivity index (χ3v) is 7.14. The number of carbonyl (C=O) groups is 2. The molecule has 0 bridgehead atoms. The number of sulfonamides is 1. The fourth-order valence-corrected chi connectivity index (χ4v) is 4.96. The van der Waals surface area contributed by atoms with Gasteiger partial charge in [-0.3, -0.25) is 13.9 Å². The van der Waals surface area contributed by atoms with Crippen LogP contribution in [0.4, 0.5) is 5.69 Å². The van der Waals surface area contributed by atoms with Crippen molar-refractivity contribution in [2.45, 2.75) is 32.7 Å². The van der Waals surface area contributed by atoms with Crippen molar-refractivity contribution < 1.29 is 22.7 Å². The number of nitrogens with zero attached hydrogens (tertiary/aromatic N) is 2. The van der Waals surface area contributed by atoms with E-state index in [1.54, 1.807) is 24.3 Å². The van der Waals surface area contributed by atoms with Gasteiger partial charge in [0.2, 0.25) is 21.8 Å². The van der Waals surface area contributed by atoms with E-state index in [1.165, 1.54) is 4.90 Å². The number of benzene rings is 3. The molecule has 3 rings (SSSR count). The van der Waals surface area contributed by atoms with E-state index >= 15 is 0 Å². The molecule has 3 aromatic rings. The van der Waals surface area contributed by atoms with Crippen LogP contribution in [-0.2, 0) is 26.0 Å². The standard InChI is InChI=1S/C29H35N3O5S/c1-4-27(29(34)30-5-2)31(21-20-23-12-8-6-9-13-23)28(33)22-32(38(3,35)36)24-16-18-26(19-17-24)37-25-14-10-7-11-15-25/h6-19,27H,4-5,20-22H2,1-3H3,(H,30,34)/t27-/m0/s1. The van der Waals surface area contributed by atoms with Crippen molar-refractivity contribution >= 4 is 27.5 Å². The molecular formula is C29H35N3O5S. The number of likely N-dealkylation sites (N-methyl/N-ethyl adjacent to an activating group) is 1. The summed E-state index contributed by atoms with van der Waals surface area (Å²) >= 11 is 0. The van der Waals surface area contributed by atoms with Gasteiger partial charge < -0.3 is 15.0 Å². The molecule has 38 heavy (non-hydrogen) atoms. The number of nitrogens with one attached hydrogen (secondary N) is 1. The Morgan fingerprint density at radius 1 is 0.868 bits per heavy atom. The van der Waals surface area contributed by atoms with E-state index in [4.69, 9.17) is 4.74 Å². The summed E-state index contributed by atoms with van der Waals surface area (Å²) in [6, 6.07) is 24.7. The van der Waals surface area contributed by atoms with Gasteiger partial charge in [0, 0.05) is 13.1 Å². The Hall–Kier alpha value is -3.85. The molecule has 0 unspecified atom stereocenters. The molecule has 0 aliphatic rings. The van der Waals surface area contributed by atoms with E-state index in [9.17, 15) is 18.0 Å². The van der Waals surface area contributed by atoms with Crippen molar-refractivity contribution in [2.75, 3.05) is 30.2 Å². The van der Waals surface area contributed by atoms with Crippen molar-refractivity contribution in [1.82, 2.24) is 10.2 Å². The van der Waals surface area contributed by atoms with E-state index in [2.05, 4.69) is 5.32 Å². The lowest BCUT2D eigenvalue weighted by molar-refractivity contribution is -0.139. The third-order valence-electron chi connectivity index (χ3n) is 6.00. The molecule has 0 fully saturated rings. The molecule has 0 saturated carbocycles. The zero-order valence-corrected chi connectivity index (χ0v) is 22.9. The summed E-state index contributed by atoms with van der Waals surface area (Å²) < 4.78 is 32.4. The summed E-state index contributed by atoms with van der Waals surface area (Å²) in [6.07, 6.45) is 1.99. The van der Waals surface area contributed by atoms with Crippen LogP contribution in [0.25, 0.3) is 0 Å². The Morgan fingerprint density at radius 2 is 1.45 bits per heavy atom. The smallest absolute Gasteiger partial charge is 0.244 e. The number of hydrogen-bond donors (Lipinski definition) is 1. The summed E-state index contributed by atoms with van der Waals surface area (Å²) in [4.78, 5) is 27.9. The summed E-state index contributed by atoms with van der Waals surface area (Å²) in [6.45, 7) is 3.94. The van der Waals surface area contributed by atoms with Crippen LogP contribution in [0.1, 0.15) is 25.8 Å². The maximum absolute atomic E-state index is 13.6. The molecule has 8 nitrogen and oxygen atoms in total. The molecule has 0 spiro atoms. The number of hydrogen-bond acceptors (Lipinski definition) is 5. The molecule has 9 heteroatoms. The monoisotopic (exact) mass is 537 g/mol. The molecule has 0 heterocycles. The number of rotatable bonds is 13. The van der Waals surface area contributed by atoms with Gasteiger partial charge in [-0.25, -0.2) is 8.42 Å². The van der Waals surface area contributed by atoms with Gasteiger partial charge in [-0.2, -0.15) is 0 Å². The van der Waals surface area contributed by atoms with E-state index in [0.29, 0.717) is 36.6 Å². The maximum atomic E-state index is 13.6. The first kappa shape index (κ1) is 28.7. The lowest BCUT2D eigenvalue weighted by Gasteiger charge is -2.32. The molecule has 0 aromatic heterocycles. The van der Waals surface area contributed by atoms with Crippen molar-refractivity contribution in [3.05, 3.63) is 90.5 Å². The maximum Gasteiger partial charge on any atom is 0.244 e. The SMILES string of the molecule is CCNC(=O)[C@H](CC)N(CCc1ccccc1)C(=O)CN(c1ccc(Oc2ccccc2)cc1)S(C)(=O)=O. The highest BCUT2D eigenvalue weighted by molar-refractivity contribution is 7.92. The van der Waals surface area contributed by atoms with Crippen LogP contribution in [0.15, 0.2) is 84.9 Å². The normalized spacial score (nSPS) is 11.9. The first-order chi connectivity index (χ1) is 18.2. The molecule has 1 N–H and O–H groups in total. The summed E-state index contributed by atoms with van der Waals surface area (Å²) in [5, 5.41) is 2.79. The van der Waals surface area contributed by atoms with Crippen LogP contribution in [-0.4, -0.2) is 57.1 Å². The van der Waals surface area contributed by atoms with E-state index in [1.807, 2.05) is 74.5 Å². The van der Waals surface area contributed by atoms with Crippen LogP contribution in [0.5, 0.6) is 11.5 Å². The van der Waals surface area contributed by atoms with Gasteiger partial charge >= 0.3 is 0 Å². The first-order valence-corrected chi connectivity index (χ1v) is 14.5. The topological polar surface area (TPSA) is 96.0 Å². The second-order valence-electron chi connectivity index (χ2n) is 8.82. The average molecular weight is 538 g/mol. The fraction of sp³-hybridized carbons (Fsp3) is 0.310. The molecule has 0 aliphatic carbocycles. The van der Waals surface area contributed by atoms with Crippen molar-refractivity contribution in [3.63, 3.8) is 0 Å². The minimum absolute atomic E-state index is 0.260. The highest BCUT2D eigenvalue weighted by Gasteiger charge is 2.31. The zero-order chi connectivity index (χ0) is 27.5. The van der Waals surface area contributed by atoms with E-state index < -0.39 is 28.5 Å². The zero-order valence-electron chi connectivity index (χ0n) is 22.0. The van der Waals surface area contributed by atoms with Gasteiger partial charge in [0.05, 0.1) is 11.9 Å². The molecule has 1 atom stereocenters. The van der Waals surface area contributed by atoms with Gasteiger partial charge in [-0.05, 0) is 61.7 Å². The molecule has 202 valence electrons. The van der Waals surface area contributed by atoms with Crippen molar-refractivity contribution in [2.24, 2.45) is 0 Å². The van der Waals surface area contributed by atoms with E-state index in [0.717, 1.165) is 16.1 Å². The van der Waals surface area contributed by atoms with Crippen LogP contribution in [0.2, 0.25) is 0 Å². The quantitative estimate of drug-likeness (QED) is 0.352. The number of ether oxygens (including phenoxy) is 1. The van der Waals surface area contributed by atoms with Crippen LogP contribution in [0, 0.1) is 0 Å². The second-order valence-corrected chi connectivity index (χ2v) is 10.7. The highest BCUT2D eigenvalue weighted by atomic mass is 32.2. The number of anilines is 1. The number of carbonyl (C=O) groups excluding carboxylic acids is 2. The predicted molar refractivity (Wildman–Crippen MR) is 150 cm³/mol. The van der Waals surface area contributed by atoms with Crippen molar-refractivity contribution in [1.29, 1.82) is 0 Å². The molecule has 0 radical (unpaired) electrons. The first-order valence-electron chi connectivity index (χ1n) is 12.6. The highest BCUT2D eigenvalue weighted by Crippen LogP contribution is 2.26. The Morgan fingerprint density at radius 3 is 2.00 bits per heavy atom. The van der Waals surface area contributed by atoms with Gasteiger partial charge in [0.1, 0.15) is 24.1 Å². The van der Waals surface area contributed by atoms with Crippen LogP contribution in [0.3, 0.4) is 0 Å². The minimum atomic E-state index is -3.80. The van der Waals surface area contributed by atoms with Gasteiger partial charge in [0.25, 0.3) is 0 Å². The largest absolute Gasteiger partial charge is 0.457 e. The van der Waals surface area contributed by atoms with Crippen molar-refractivity contribution in [3.8, 4) is 11.5 Å². The second kappa shape index (κ2) is 13.6. The van der Waals surface area contributed by atoms with E-state index in [-0.39, 0.29) is 12.5 Å². The Balaban J connectivity index is 1.83. The minimum Gasteiger partial charge on any atom is -0.457 e. The molecule has 0 aliphatic heterocycles. The van der Waals surface area contributed by atoms with Crippen LogP contribution < -0.4 is 14.4 Å². The predicted octanol–water partition coefficient (Wildman–Crippen LogP) is 4.23. The van der Waals surface area contributed by atoms with Crippen LogP contribution >= 0.6 is 0 Å². The fourth-order valence-electron chi connectivity index (χ4n) is 4.11. The van der Waals surface area contributed by atoms with Gasteiger partial charge in [-0.1, -0.05) is 55.5 Å². The Bertz CT molecular complexity index is 1280. The lowest BCUT2D eigenvalue weighted by atomic mass is 10.1. The van der Waals surface area contributed by atoms with Gasteiger partial charge in [0.15, 0.2) is 0 Å². The lowest BCUT2D eigenvalue weighted by Crippen LogP contribution is -2.53. The third kappa shape index (κ3) is 8.08. The molecule has 0 saturated heterocycles. The van der Waals surface area contributed by atoms with Gasteiger partial charge in [-0.15, -0.1) is 0 Å². The molecule has 2 amide bonds. The Labute approximate surface area is 225 Å². The molecule has 3 aromatic carbocycles. The summed E-state index contributed by atoms with van der Waals surface area (Å²) in [5.74, 6) is 0.478. The molecular weight excluding hydrogens is 502 g/mol.